The summed E-state index contributed by atoms with van der Waals surface area (Å²) in [5, 5.41) is 0.974. The zero-order chi connectivity index (χ0) is 18.6. The number of benzene rings is 1. The van der Waals surface area contributed by atoms with E-state index in [-0.39, 0.29) is 0 Å². The van der Waals surface area contributed by atoms with Crippen LogP contribution in [0.2, 0.25) is 0 Å². The number of rotatable bonds is 5. The summed E-state index contributed by atoms with van der Waals surface area (Å²) >= 11 is 1.67. The number of thioether (sulfide) groups is 1. The van der Waals surface area contributed by atoms with Crippen molar-refractivity contribution in [3.05, 3.63) is 54.2 Å². The monoisotopic (exact) mass is 380 g/mol. The van der Waals surface area contributed by atoms with Crippen molar-refractivity contribution in [1.82, 2.24) is 15.0 Å². The molecule has 6 heteroatoms. The third kappa shape index (κ3) is 4.33. The molecule has 0 N–H and O–H groups in total. The summed E-state index contributed by atoms with van der Waals surface area (Å²) in [5.41, 5.74) is 1.96. The summed E-state index contributed by atoms with van der Waals surface area (Å²) < 4.78 is 5.85. The first-order chi connectivity index (χ1) is 13.2. The van der Waals surface area contributed by atoms with Crippen LogP contribution < -0.4 is 4.90 Å². The van der Waals surface area contributed by atoms with Crippen LogP contribution in [0.4, 0.5) is 5.82 Å². The van der Waals surface area contributed by atoms with Crippen molar-refractivity contribution in [2.45, 2.75) is 37.5 Å². The van der Waals surface area contributed by atoms with Crippen LogP contribution in [-0.2, 0) is 5.75 Å². The number of oxazole rings is 1. The first kappa shape index (κ1) is 18.0. The van der Waals surface area contributed by atoms with Crippen LogP contribution in [0.25, 0.3) is 11.5 Å². The van der Waals surface area contributed by atoms with Gasteiger partial charge in [-0.25, -0.2) is 15.0 Å². The van der Waals surface area contributed by atoms with Crippen molar-refractivity contribution in [3.63, 3.8) is 0 Å². The highest BCUT2D eigenvalue weighted by Gasteiger charge is 2.18. The Hall–Kier alpha value is -2.34. The van der Waals surface area contributed by atoms with Crippen LogP contribution in [0.15, 0.2) is 52.2 Å². The summed E-state index contributed by atoms with van der Waals surface area (Å²) in [5.74, 6) is 4.11. The molecule has 1 aromatic carbocycles. The normalized spacial score (nSPS) is 15.3. The summed E-state index contributed by atoms with van der Waals surface area (Å²) in [6, 6.07) is 12.1. The molecule has 0 radical (unpaired) electrons. The van der Waals surface area contributed by atoms with Gasteiger partial charge in [-0.1, -0.05) is 36.9 Å². The van der Waals surface area contributed by atoms with E-state index in [4.69, 9.17) is 4.42 Å². The van der Waals surface area contributed by atoms with Gasteiger partial charge in [-0.15, -0.1) is 0 Å². The maximum atomic E-state index is 5.85. The number of hydrogen-bond donors (Lipinski definition) is 0. The Morgan fingerprint density at radius 3 is 2.70 bits per heavy atom. The van der Waals surface area contributed by atoms with Gasteiger partial charge >= 0.3 is 0 Å². The molecule has 1 fully saturated rings. The third-order valence-electron chi connectivity index (χ3n) is 5.01. The fourth-order valence-electron chi connectivity index (χ4n) is 3.23. The van der Waals surface area contributed by atoms with Gasteiger partial charge in [0, 0.05) is 30.5 Å². The second kappa shape index (κ2) is 8.13. The van der Waals surface area contributed by atoms with Gasteiger partial charge in [0.2, 0.25) is 5.89 Å². The van der Waals surface area contributed by atoms with Gasteiger partial charge < -0.3 is 9.32 Å². The van der Waals surface area contributed by atoms with Crippen molar-refractivity contribution < 1.29 is 4.42 Å². The van der Waals surface area contributed by atoms with Crippen molar-refractivity contribution >= 4 is 17.6 Å². The minimum Gasteiger partial charge on any atom is -0.441 e. The molecule has 1 aliphatic heterocycles. The molecule has 4 rings (SSSR count). The first-order valence-corrected chi connectivity index (χ1v) is 10.4. The highest BCUT2D eigenvalue weighted by atomic mass is 32.2. The predicted octanol–water partition coefficient (Wildman–Crippen LogP) is 4.97. The molecule has 1 saturated heterocycles. The van der Waals surface area contributed by atoms with Crippen LogP contribution in [0, 0.1) is 12.8 Å². The van der Waals surface area contributed by atoms with Crippen molar-refractivity contribution in [1.29, 1.82) is 0 Å². The van der Waals surface area contributed by atoms with E-state index in [2.05, 4.69) is 32.8 Å². The molecular formula is C21H24N4OS. The number of anilines is 1. The van der Waals surface area contributed by atoms with Crippen molar-refractivity contribution in [3.8, 4) is 11.5 Å². The molecule has 3 aromatic rings. The van der Waals surface area contributed by atoms with E-state index in [1.54, 1.807) is 18.1 Å². The van der Waals surface area contributed by atoms with Gasteiger partial charge in [-0.05, 0) is 37.8 Å². The van der Waals surface area contributed by atoms with E-state index < -0.39 is 0 Å². The molecule has 1 aliphatic rings. The van der Waals surface area contributed by atoms with E-state index in [1.165, 1.54) is 12.8 Å². The maximum Gasteiger partial charge on any atom is 0.226 e. The molecule has 0 bridgehead atoms. The van der Waals surface area contributed by atoms with Crippen LogP contribution in [0.1, 0.15) is 31.2 Å². The molecule has 0 aliphatic carbocycles. The molecule has 0 unspecified atom stereocenters. The zero-order valence-electron chi connectivity index (χ0n) is 15.8. The van der Waals surface area contributed by atoms with Crippen LogP contribution in [0.3, 0.4) is 0 Å². The molecule has 0 atom stereocenters. The summed E-state index contributed by atoms with van der Waals surface area (Å²) in [6.07, 6.45) is 4.13. The van der Waals surface area contributed by atoms with Gasteiger partial charge in [0.05, 0.1) is 5.69 Å². The lowest BCUT2D eigenvalue weighted by Gasteiger charge is -2.31. The van der Waals surface area contributed by atoms with E-state index in [0.29, 0.717) is 5.89 Å². The van der Waals surface area contributed by atoms with Crippen LogP contribution >= 0.6 is 11.8 Å². The van der Waals surface area contributed by atoms with Gasteiger partial charge in [-0.3, -0.25) is 0 Å². The lowest BCUT2D eigenvalue weighted by molar-refractivity contribution is 0.436. The maximum absolute atomic E-state index is 5.85. The molecule has 0 saturated carbocycles. The lowest BCUT2D eigenvalue weighted by atomic mass is 9.99. The van der Waals surface area contributed by atoms with E-state index in [1.807, 2.05) is 37.3 Å². The minimum absolute atomic E-state index is 0.675. The minimum atomic E-state index is 0.675. The van der Waals surface area contributed by atoms with Gasteiger partial charge in [0.15, 0.2) is 0 Å². The smallest absolute Gasteiger partial charge is 0.226 e. The van der Waals surface area contributed by atoms with Crippen molar-refractivity contribution in [2.24, 2.45) is 5.92 Å². The number of nitrogens with zero attached hydrogens (tertiary/aromatic N) is 4. The quantitative estimate of drug-likeness (QED) is 0.460. The summed E-state index contributed by atoms with van der Waals surface area (Å²) in [7, 11) is 0. The number of aryl methyl sites for hydroxylation is 1. The largest absolute Gasteiger partial charge is 0.441 e. The van der Waals surface area contributed by atoms with E-state index >= 15 is 0 Å². The molecule has 0 spiro atoms. The second-order valence-electron chi connectivity index (χ2n) is 7.06. The highest BCUT2D eigenvalue weighted by molar-refractivity contribution is 7.98. The number of hydrogen-bond acceptors (Lipinski definition) is 6. The van der Waals surface area contributed by atoms with Gasteiger partial charge in [0.1, 0.15) is 22.9 Å². The Morgan fingerprint density at radius 2 is 1.93 bits per heavy atom. The molecule has 2 aromatic heterocycles. The summed E-state index contributed by atoms with van der Waals surface area (Å²) in [4.78, 5) is 15.9. The van der Waals surface area contributed by atoms with Crippen molar-refractivity contribution in [2.75, 3.05) is 18.0 Å². The van der Waals surface area contributed by atoms with E-state index in [0.717, 1.165) is 52.6 Å². The van der Waals surface area contributed by atoms with E-state index in [9.17, 15) is 0 Å². The fraction of sp³-hybridized carbons (Fsp3) is 0.381. The topological polar surface area (TPSA) is 55.1 Å². The second-order valence-corrected chi connectivity index (χ2v) is 8.06. The van der Waals surface area contributed by atoms with Gasteiger partial charge in [0.25, 0.3) is 0 Å². The number of aromatic nitrogens is 3. The zero-order valence-corrected chi connectivity index (χ0v) is 16.6. The Morgan fingerprint density at radius 1 is 1.15 bits per heavy atom. The molecule has 140 valence electrons. The molecule has 5 nitrogen and oxygen atoms in total. The predicted molar refractivity (Wildman–Crippen MR) is 109 cm³/mol. The Bertz CT molecular complexity index is 888. The molecule has 27 heavy (non-hydrogen) atoms. The van der Waals surface area contributed by atoms with Crippen LogP contribution in [0.5, 0.6) is 0 Å². The molecular weight excluding hydrogens is 356 g/mol. The summed E-state index contributed by atoms with van der Waals surface area (Å²) in [6.45, 7) is 6.44. The Labute approximate surface area is 164 Å². The van der Waals surface area contributed by atoms with Gasteiger partial charge in [-0.2, -0.15) is 0 Å². The fourth-order valence-corrected chi connectivity index (χ4v) is 4.09. The SMILES string of the molecule is Cc1oc(-c2ccccc2)nc1CSc1cc(N2CCC(C)CC2)ncn1. The Kier molecular flexibility index (Phi) is 5.43. The number of piperidine rings is 1. The average Bonchev–Trinajstić information content (AvgIpc) is 3.08. The average molecular weight is 381 g/mol. The van der Waals surface area contributed by atoms with Crippen LogP contribution in [-0.4, -0.2) is 28.0 Å². The Balaban J connectivity index is 1.43. The standard InChI is InChI=1S/C21H24N4OS/c1-15-8-10-25(11-9-15)19-12-20(23-14-22-19)27-13-18-16(2)26-21(24-18)17-6-4-3-5-7-17/h3-7,12,14-15H,8-11,13H2,1-2H3. The highest BCUT2D eigenvalue weighted by Crippen LogP contribution is 2.28. The molecule has 3 heterocycles. The molecule has 0 amide bonds. The third-order valence-corrected chi connectivity index (χ3v) is 5.94. The lowest BCUT2D eigenvalue weighted by Crippen LogP contribution is -2.33. The first-order valence-electron chi connectivity index (χ1n) is 9.40.